The topological polar surface area (TPSA) is 58.8 Å². The number of benzene rings is 1. The number of hydrogen-bond acceptors (Lipinski definition) is 4. The summed E-state index contributed by atoms with van der Waals surface area (Å²) in [6.07, 6.45) is 3.19. The fraction of sp³-hybridized carbons (Fsp3) is 0. The molecular weight excluding hydrogens is 238 g/mol. The summed E-state index contributed by atoms with van der Waals surface area (Å²) < 4.78 is 5.65. The maximum atomic E-state index is 8.67. The van der Waals surface area contributed by atoms with E-state index in [-0.39, 0.29) is 0 Å². The first-order valence-electron chi connectivity index (χ1n) is 5.74. The van der Waals surface area contributed by atoms with Crippen molar-refractivity contribution in [2.24, 2.45) is 0 Å². The molecule has 4 heteroatoms. The van der Waals surface area contributed by atoms with Gasteiger partial charge < -0.3 is 4.74 Å². The predicted octanol–water partition coefficient (Wildman–Crippen LogP) is 3.29. The molecule has 0 aliphatic heterocycles. The highest BCUT2D eigenvalue weighted by molar-refractivity contribution is 5.79. The molecule has 4 nitrogen and oxygen atoms in total. The molecule has 0 spiro atoms. The quantitative estimate of drug-likeness (QED) is 0.697. The van der Waals surface area contributed by atoms with Crippen LogP contribution in [0.2, 0.25) is 0 Å². The average Bonchev–Trinajstić information content (AvgIpc) is 2.48. The largest absolute Gasteiger partial charge is 0.454 e. The summed E-state index contributed by atoms with van der Waals surface area (Å²) in [5.74, 6) is 1.22. The van der Waals surface area contributed by atoms with E-state index >= 15 is 0 Å². The molecule has 2 heterocycles. The van der Waals surface area contributed by atoms with Crippen molar-refractivity contribution < 1.29 is 4.74 Å². The lowest BCUT2D eigenvalue weighted by molar-refractivity contribution is 0.479. The summed E-state index contributed by atoms with van der Waals surface area (Å²) in [6.45, 7) is 0. The lowest BCUT2D eigenvalue weighted by Crippen LogP contribution is -1.88. The molecule has 0 unspecified atom stereocenters. The smallest absolute Gasteiger partial charge is 0.146 e. The molecule has 0 bridgehead atoms. The summed E-state index contributed by atoms with van der Waals surface area (Å²) in [4.78, 5) is 8.26. The number of pyridine rings is 2. The predicted molar refractivity (Wildman–Crippen MR) is 70.8 cm³/mol. The Bertz CT molecular complexity index is 760. The summed E-state index contributed by atoms with van der Waals surface area (Å²) >= 11 is 0. The zero-order valence-electron chi connectivity index (χ0n) is 9.95. The van der Waals surface area contributed by atoms with Crippen LogP contribution in [0, 0.1) is 11.3 Å². The van der Waals surface area contributed by atoms with Crippen molar-refractivity contribution in [2.45, 2.75) is 0 Å². The van der Waals surface area contributed by atoms with Gasteiger partial charge in [-0.1, -0.05) is 18.2 Å². The fourth-order valence-electron chi connectivity index (χ4n) is 1.75. The van der Waals surface area contributed by atoms with Crippen LogP contribution in [0.25, 0.3) is 10.9 Å². The van der Waals surface area contributed by atoms with E-state index < -0.39 is 0 Å². The van der Waals surface area contributed by atoms with Gasteiger partial charge in [-0.15, -0.1) is 0 Å². The van der Waals surface area contributed by atoms with Crippen LogP contribution in [0.4, 0.5) is 0 Å². The number of aromatic nitrogens is 2. The van der Waals surface area contributed by atoms with Crippen molar-refractivity contribution in [3.8, 4) is 17.6 Å². The van der Waals surface area contributed by atoms with E-state index in [0.29, 0.717) is 17.2 Å². The highest BCUT2D eigenvalue weighted by Gasteiger charge is 2.01. The molecule has 2 aromatic heterocycles. The van der Waals surface area contributed by atoms with E-state index in [1.165, 1.54) is 6.20 Å². The van der Waals surface area contributed by atoms with E-state index in [4.69, 9.17) is 10.00 Å². The SMILES string of the molecule is N#Cc1ccc(Oc2cnc3ccccc3c2)cn1. The Kier molecular flexibility index (Phi) is 2.79. The molecular formula is C15H9N3O. The second-order valence-electron chi connectivity index (χ2n) is 3.96. The zero-order valence-corrected chi connectivity index (χ0v) is 9.95. The van der Waals surface area contributed by atoms with E-state index in [2.05, 4.69) is 9.97 Å². The number of nitriles is 1. The van der Waals surface area contributed by atoms with Crippen molar-refractivity contribution in [1.29, 1.82) is 5.26 Å². The average molecular weight is 247 g/mol. The monoisotopic (exact) mass is 247 g/mol. The molecule has 3 rings (SSSR count). The van der Waals surface area contributed by atoms with Crippen LogP contribution < -0.4 is 4.74 Å². The molecule has 0 aliphatic rings. The Morgan fingerprint density at radius 3 is 2.58 bits per heavy atom. The van der Waals surface area contributed by atoms with Gasteiger partial charge in [0.05, 0.1) is 17.9 Å². The molecule has 0 aliphatic carbocycles. The summed E-state index contributed by atoms with van der Waals surface area (Å²) in [5, 5.41) is 9.69. The van der Waals surface area contributed by atoms with Crippen LogP contribution in [0.3, 0.4) is 0 Å². The Labute approximate surface area is 109 Å². The number of rotatable bonds is 2. The van der Waals surface area contributed by atoms with Gasteiger partial charge in [-0.25, -0.2) is 4.98 Å². The lowest BCUT2D eigenvalue weighted by atomic mass is 10.2. The van der Waals surface area contributed by atoms with Gasteiger partial charge in [0.25, 0.3) is 0 Å². The van der Waals surface area contributed by atoms with Crippen LogP contribution in [0.1, 0.15) is 5.69 Å². The van der Waals surface area contributed by atoms with E-state index in [1.807, 2.05) is 36.4 Å². The van der Waals surface area contributed by atoms with Crippen molar-refractivity contribution in [1.82, 2.24) is 9.97 Å². The Hall–Kier alpha value is -2.93. The normalized spacial score (nSPS) is 10.1. The Morgan fingerprint density at radius 1 is 0.947 bits per heavy atom. The van der Waals surface area contributed by atoms with Crippen molar-refractivity contribution >= 4 is 10.9 Å². The van der Waals surface area contributed by atoms with Gasteiger partial charge in [0.15, 0.2) is 0 Å². The van der Waals surface area contributed by atoms with Crippen molar-refractivity contribution in [3.63, 3.8) is 0 Å². The standard InChI is InChI=1S/C15H9N3O/c16-8-12-5-6-13(9-17-12)19-14-7-11-3-1-2-4-15(11)18-10-14/h1-7,9-10H. The fourth-order valence-corrected chi connectivity index (χ4v) is 1.75. The van der Waals surface area contributed by atoms with E-state index in [0.717, 1.165) is 10.9 Å². The Morgan fingerprint density at radius 2 is 1.79 bits per heavy atom. The lowest BCUT2D eigenvalue weighted by Gasteiger charge is -2.05. The van der Waals surface area contributed by atoms with Crippen molar-refractivity contribution in [3.05, 3.63) is 60.6 Å². The first-order valence-corrected chi connectivity index (χ1v) is 5.74. The molecule has 0 amide bonds. The minimum atomic E-state index is 0.365. The van der Waals surface area contributed by atoms with Crippen LogP contribution in [0.15, 0.2) is 54.9 Å². The number of ether oxygens (including phenoxy) is 1. The summed E-state index contributed by atoms with van der Waals surface area (Å²) in [7, 11) is 0. The minimum absolute atomic E-state index is 0.365. The van der Waals surface area contributed by atoms with Gasteiger partial charge in [-0.2, -0.15) is 5.26 Å². The Balaban J connectivity index is 1.90. The van der Waals surface area contributed by atoms with Gasteiger partial charge in [0.1, 0.15) is 23.3 Å². The number of nitrogens with zero attached hydrogens (tertiary/aromatic N) is 3. The third-order valence-electron chi connectivity index (χ3n) is 2.65. The second kappa shape index (κ2) is 4.75. The number of para-hydroxylation sites is 1. The van der Waals surface area contributed by atoms with Crippen molar-refractivity contribution in [2.75, 3.05) is 0 Å². The maximum absolute atomic E-state index is 8.67. The van der Waals surface area contributed by atoms with Gasteiger partial charge in [-0.3, -0.25) is 4.98 Å². The molecule has 0 N–H and O–H groups in total. The number of hydrogen-bond donors (Lipinski definition) is 0. The molecule has 0 atom stereocenters. The highest BCUT2D eigenvalue weighted by atomic mass is 16.5. The van der Waals surface area contributed by atoms with Crippen LogP contribution >= 0.6 is 0 Å². The molecule has 90 valence electrons. The third-order valence-corrected chi connectivity index (χ3v) is 2.65. The third kappa shape index (κ3) is 2.35. The van der Waals surface area contributed by atoms with Gasteiger partial charge in [-0.05, 0) is 24.3 Å². The molecule has 0 fully saturated rings. The molecule has 1 aromatic carbocycles. The summed E-state index contributed by atoms with van der Waals surface area (Å²) in [6, 6.07) is 15.0. The van der Waals surface area contributed by atoms with Gasteiger partial charge in [0.2, 0.25) is 0 Å². The van der Waals surface area contributed by atoms with Gasteiger partial charge in [0, 0.05) is 5.39 Å². The van der Waals surface area contributed by atoms with Gasteiger partial charge >= 0.3 is 0 Å². The molecule has 0 saturated carbocycles. The van der Waals surface area contributed by atoms with E-state index in [1.54, 1.807) is 18.3 Å². The first kappa shape index (κ1) is 11.2. The molecule has 0 saturated heterocycles. The second-order valence-corrected chi connectivity index (χ2v) is 3.96. The van der Waals surface area contributed by atoms with Crippen LogP contribution in [-0.4, -0.2) is 9.97 Å². The van der Waals surface area contributed by atoms with Crippen LogP contribution in [-0.2, 0) is 0 Å². The summed E-state index contributed by atoms with van der Waals surface area (Å²) in [5.41, 5.74) is 1.29. The first-order chi connectivity index (χ1) is 9.35. The minimum Gasteiger partial charge on any atom is -0.454 e. The van der Waals surface area contributed by atoms with E-state index in [9.17, 15) is 0 Å². The molecule has 0 radical (unpaired) electrons. The molecule has 3 aromatic rings. The highest BCUT2D eigenvalue weighted by Crippen LogP contribution is 2.23. The number of fused-ring (bicyclic) bond motifs is 1. The maximum Gasteiger partial charge on any atom is 0.146 e. The molecule has 19 heavy (non-hydrogen) atoms. The zero-order chi connectivity index (χ0) is 13.1. The van der Waals surface area contributed by atoms with Crippen LogP contribution in [0.5, 0.6) is 11.5 Å².